The molecule has 2 aliphatic heterocycles. The van der Waals surface area contributed by atoms with E-state index in [9.17, 15) is 0 Å². The fourth-order valence-electron chi connectivity index (χ4n) is 3.33. The van der Waals surface area contributed by atoms with E-state index in [1.54, 1.807) is 0 Å². The Balaban J connectivity index is 1.77. The van der Waals surface area contributed by atoms with Crippen molar-refractivity contribution in [3.8, 4) is 0 Å². The molecule has 2 heterocycles. The Hall–Kier alpha value is -0.280. The average Bonchev–Trinajstić information content (AvgIpc) is 3.01. The Kier molecular flexibility index (Phi) is 8.73. The smallest absolute Gasteiger partial charge is 0.187 e. The summed E-state index contributed by atoms with van der Waals surface area (Å²) in [5.41, 5.74) is 0. The molecule has 0 N–H and O–H groups in total. The number of hydrogen-bond donors (Lipinski definition) is 0. The molecule has 4 atom stereocenters. The molecule has 0 aliphatic carbocycles. The molecule has 0 aromatic carbocycles. The summed E-state index contributed by atoms with van der Waals surface area (Å²) in [7, 11) is 8.29. The van der Waals surface area contributed by atoms with Gasteiger partial charge < -0.3 is 33.5 Å². The third-order valence-electron chi connectivity index (χ3n) is 4.58. The van der Waals surface area contributed by atoms with Crippen LogP contribution in [-0.4, -0.2) is 101 Å². The van der Waals surface area contributed by atoms with Gasteiger partial charge in [-0.25, -0.2) is 0 Å². The van der Waals surface area contributed by atoms with Gasteiger partial charge in [-0.2, -0.15) is 0 Å². The van der Waals surface area contributed by atoms with Gasteiger partial charge in [-0.1, -0.05) is 0 Å². The van der Waals surface area contributed by atoms with Gasteiger partial charge >= 0.3 is 0 Å². The van der Waals surface area contributed by atoms with E-state index in [0.717, 1.165) is 39.0 Å². The van der Waals surface area contributed by atoms with Gasteiger partial charge in [0, 0.05) is 19.6 Å². The Morgan fingerprint density at radius 3 is 2.27 bits per heavy atom. The van der Waals surface area contributed by atoms with Crippen LogP contribution in [0.15, 0.2) is 0 Å². The maximum atomic E-state index is 6.12. The van der Waals surface area contributed by atoms with Crippen LogP contribution in [0.3, 0.4) is 0 Å². The van der Waals surface area contributed by atoms with Gasteiger partial charge in [0.05, 0.1) is 12.7 Å². The summed E-state index contributed by atoms with van der Waals surface area (Å²) in [5.74, 6) is -0.564. The maximum Gasteiger partial charge on any atom is 0.187 e. The maximum absolute atomic E-state index is 6.12. The number of fused-ring (bicyclic) bond motifs is 1. The largest absolute Gasteiger partial charge is 0.379 e. The minimum atomic E-state index is -0.564. The summed E-state index contributed by atoms with van der Waals surface area (Å²) >= 11 is 0. The average molecular weight is 375 g/mol. The van der Waals surface area contributed by atoms with Gasteiger partial charge in [0.1, 0.15) is 12.2 Å². The van der Waals surface area contributed by atoms with E-state index in [0.29, 0.717) is 13.2 Å². The van der Waals surface area contributed by atoms with Crippen LogP contribution in [0.1, 0.15) is 33.1 Å². The molecule has 0 aromatic heterocycles. The third-order valence-corrected chi connectivity index (χ3v) is 4.58. The van der Waals surface area contributed by atoms with E-state index in [2.05, 4.69) is 38.0 Å². The van der Waals surface area contributed by atoms with Crippen LogP contribution in [0.2, 0.25) is 0 Å². The second kappa shape index (κ2) is 10.3. The first-order chi connectivity index (χ1) is 12.3. The minimum Gasteiger partial charge on any atom is -0.379 e. The molecule has 0 spiro atoms. The molecule has 0 saturated carbocycles. The Bertz CT molecular complexity index is 389. The molecule has 2 aliphatic rings. The molecule has 0 unspecified atom stereocenters. The van der Waals surface area contributed by atoms with E-state index in [-0.39, 0.29) is 24.6 Å². The molecular weight excluding hydrogens is 336 g/mol. The van der Waals surface area contributed by atoms with E-state index >= 15 is 0 Å². The zero-order valence-electron chi connectivity index (χ0n) is 17.4. The van der Waals surface area contributed by atoms with Crippen molar-refractivity contribution >= 4 is 0 Å². The molecule has 7 heteroatoms. The summed E-state index contributed by atoms with van der Waals surface area (Å²) in [6, 6.07) is 0. The Morgan fingerprint density at radius 2 is 1.65 bits per heavy atom. The number of nitrogens with zero attached hydrogens (tertiary/aromatic N) is 2. The lowest BCUT2D eigenvalue weighted by Gasteiger charge is -2.26. The first-order valence-electron chi connectivity index (χ1n) is 9.77. The van der Waals surface area contributed by atoms with Gasteiger partial charge in [-0.05, 0) is 68.0 Å². The SMILES string of the molecule is CN(C)CCCOC[C@@H](OCCCN(C)C)[C@@H]1C[C@H]2OC(C)(C)O[C@H]2O1. The highest BCUT2D eigenvalue weighted by atomic mass is 16.8. The summed E-state index contributed by atoms with van der Waals surface area (Å²) in [5, 5.41) is 0. The van der Waals surface area contributed by atoms with E-state index in [4.69, 9.17) is 23.7 Å². The predicted octanol–water partition coefficient (Wildman–Crippen LogP) is 1.56. The van der Waals surface area contributed by atoms with E-state index in [1.807, 2.05) is 13.8 Å². The van der Waals surface area contributed by atoms with Gasteiger partial charge in [-0.15, -0.1) is 0 Å². The van der Waals surface area contributed by atoms with Crippen molar-refractivity contribution in [3.05, 3.63) is 0 Å². The summed E-state index contributed by atoms with van der Waals surface area (Å²) < 4.78 is 29.8. The van der Waals surface area contributed by atoms with Gasteiger partial charge in [-0.3, -0.25) is 0 Å². The minimum absolute atomic E-state index is 0.0170. The molecule has 2 saturated heterocycles. The normalized spacial score (nSPS) is 28.8. The van der Waals surface area contributed by atoms with E-state index < -0.39 is 5.79 Å². The lowest BCUT2D eigenvalue weighted by atomic mass is 10.1. The summed E-state index contributed by atoms with van der Waals surface area (Å²) in [6.07, 6.45) is 2.34. The molecule has 7 nitrogen and oxygen atoms in total. The van der Waals surface area contributed by atoms with Crippen molar-refractivity contribution in [1.29, 1.82) is 0 Å². The first kappa shape index (κ1) is 22.0. The molecular formula is C19H38N2O5. The number of hydrogen-bond acceptors (Lipinski definition) is 7. The van der Waals surface area contributed by atoms with E-state index in [1.165, 1.54) is 0 Å². The second-order valence-electron chi connectivity index (χ2n) is 8.25. The first-order valence-corrected chi connectivity index (χ1v) is 9.77. The molecule has 26 heavy (non-hydrogen) atoms. The molecule has 0 amide bonds. The topological polar surface area (TPSA) is 52.6 Å². The highest BCUT2D eigenvalue weighted by Gasteiger charge is 2.50. The molecule has 0 bridgehead atoms. The standard InChI is InChI=1S/C19H38N2O5/c1-19(2)25-16-13-15(24-18(16)26-19)17(23-12-8-10-21(5)6)14-22-11-7-9-20(3)4/h15-18H,7-14H2,1-6H3/t15-,16+,17+,18+/m0/s1. The number of ether oxygens (including phenoxy) is 5. The Morgan fingerprint density at radius 1 is 1.00 bits per heavy atom. The van der Waals surface area contributed by atoms with Crippen LogP contribution in [0.25, 0.3) is 0 Å². The molecule has 2 fully saturated rings. The molecule has 154 valence electrons. The molecule has 0 aromatic rings. The lowest BCUT2D eigenvalue weighted by Crippen LogP contribution is -2.36. The summed E-state index contributed by atoms with van der Waals surface area (Å²) in [4.78, 5) is 4.33. The van der Waals surface area contributed by atoms with Crippen molar-refractivity contribution < 1.29 is 23.7 Å². The quantitative estimate of drug-likeness (QED) is 0.481. The van der Waals surface area contributed by atoms with Crippen LogP contribution in [0, 0.1) is 0 Å². The van der Waals surface area contributed by atoms with Crippen molar-refractivity contribution in [2.24, 2.45) is 0 Å². The highest BCUT2D eigenvalue weighted by Crippen LogP contribution is 2.38. The van der Waals surface area contributed by atoms with Gasteiger partial charge in [0.25, 0.3) is 0 Å². The van der Waals surface area contributed by atoms with Crippen LogP contribution in [0.5, 0.6) is 0 Å². The second-order valence-corrected chi connectivity index (χ2v) is 8.25. The van der Waals surface area contributed by atoms with Crippen LogP contribution < -0.4 is 0 Å². The number of rotatable bonds is 12. The van der Waals surface area contributed by atoms with Gasteiger partial charge in [0.2, 0.25) is 0 Å². The molecule has 2 rings (SSSR count). The van der Waals surface area contributed by atoms with Crippen molar-refractivity contribution in [2.75, 3.05) is 61.1 Å². The zero-order chi connectivity index (χ0) is 19.2. The van der Waals surface area contributed by atoms with Crippen LogP contribution in [0.4, 0.5) is 0 Å². The van der Waals surface area contributed by atoms with Crippen molar-refractivity contribution in [2.45, 2.75) is 63.5 Å². The highest BCUT2D eigenvalue weighted by molar-refractivity contribution is 4.89. The monoisotopic (exact) mass is 374 g/mol. The summed E-state index contributed by atoms with van der Waals surface area (Å²) in [6.45, 7) is 7.85. The van der Waals surface area contributed by atoms with Gasteiger partial charge in [0.15, 0.2) is 12.1 Å². The third kappa shape index (κ3) is 7.38. The predicted molar refractivity (Wildman–Crippen MR) is 100 cm³/mol. The fourth-order valence-corrected chi connectivity index (χ4v) is 3.33. The van der Waals surface area contributed by atoms with Crippen molar-refractivity contribution in [3.63, 3.8) is 0 Å². The van der Waals surface area contributed by atoms with Crippen LogP contribution >= 0.6 is 0 Å². The Labute approximate surface area is 158 Å². The fraction of sp³-hybridized carbons (Fsp3) is 1.00. The zero-order valence-corrected chi connectivity index (χ0v) is 17.4. The lowest BCUT2D eigenvalue weighted by molar-refractivity contribution is -0.220. The van der Waals surface area contributed by atoms with Crippen LogP contribution in [-0.2, 0) is 23.7 Å². The van der Waals surface area contributed by atoms with Crippen molar-refractivity contribution in [1.82, 2.24) is 9.80 Å². The molecule has 0 radical (unpaired) electrons.